The third-order valence-electron chi connectivity index (χ3n) is 5.34. The summed E-state index contributed by atoms with van der Waals surface area (Å²) in [5, 5.41) is 3.16. The second kappa shape index (κ2) is 8.53. The van der Waals surface area contributed by atoms with Gasteiger partial charge in [-0.05, 0) is 38.5 Å². The average Bonchev–Trinajstić information content (AvgIpc) is 3.07. The summed E-state index contributed by atoms with van der Waals surface area (Å²) in [5.41, 5.74) is 2.59. The summed E-state index contributed by atoms with van der Waals surface area (Å²) in [6.45, 7) is 11.4. The number of piperidine rings is 1. The van der Waals surface area contributed by atoms with E-state index >= 15 is 0 Å². The molecule has 144 valence electrons. The monoisotopic (exact) mass is 377 g/mol. The van der Waals surface area contributed by atoms with E-state index in [1.165, 1.54) is 5.57 Å². The van der Waals surface area contributed by atoms with Gasteiger partial charge in [0.15, 0.2) is 5.13 Å². The summed E-state index contributed by atoms with van der Waals surface area (Å²) in [5.74, 6) is 0.269. The van der Waals surface area contributed by atoms with Crippen LogP contribution in [0.25, 0.3) is 0 Å². The molecule has 6 heteroatoms. The van der Waals surface area contributed by atoms with E-state index in [2.05, 4.69) is 37.1 Å². The lowest BCUT2D eigenvalue weighted by Gasteiger charge is -2.40. The van der Waals surface area contributed by atoms with Gasteiger partial charge in [-0.2, -0.15) is 0 Å². The van der Waals surface area contributed by atoms with E-state index in [1.807, 2.05) is 4.90 Å². The minimum atomic E-state index is 0.211. The standard InChI is InChI=1S/C20H31N3O2S/c1-16(2)5-4-7-20(3)8-6-18(24)23(15-20)13-17-14-26-19(21-17)22-9-11-25-12-10-22/h5,14H,4,6-13,15H2,1-3H3. The fourth-order valence-electron chi connectivity index (χ4n) is 3.72. The van der Waals surface area contributed by atoms with Crippen molar-refractivity contribution >= 4 is 22.4 Å². The summed E-state index contributed by atoms with van der Waals surface area (Å²) in [6, 6.07) is 0. The van der Waals surface area contributed by atoms with Crippen LogP contribution >= 0.6 is 11.3 Å². The van der Waals surface area contributed by atoms with Crippen molar-refractivity contribution in [1.82, 2.24) is 9.88 Å². The number of carbonyl (C=O) groups excluding carboxylic acids is 1. The largest absolute Gasteiger partial charge is 0.378 e. The van der Waals surface area contributed by atoms with Crippen molar-refractivity contribution in [2.45, 2.75) is 53.0 Å². The molecule has 1 aromatic rings. The normalized spacial score (nSPS) is 24.0. The maximum absolute atomic E-state index is 12.4. The quantitative estimate of drug-likeness (QED) is 0.706. The molecule has 2 aliphatic heterocycles. The Morgan fingerprint density at radius 1 is 1.38 bits per heavy atom. The van der Waals surface area contributed by atoms with Crippen molar-refractivity contribution < 1.29 is 9.53 Å². The summed E-state index contributed by atoms with van der Waals surface area (Å²) in [6.07, 6.45) is 6.19. The molecule has 0 aliphatic carbocycles. The second-order valence-electron chi connectivity index (χ2n) is 8.10. The molecule has 1 atom stereocenters. The molecule has 0 N–H and O–H groups in total. The van der Waals surface area contributed by atoms with E-state index in [1.54, 1.807) is 11.3 Å². The number of anilines is 1. The third kappa shape index (κ3) is 5.07. The predicted octanol–water partition coefficient (Wildman–Crippen LogP) is 3.85. The fourth-order valence-corrected chi connectivity index (χ4v) is 4.59. The molecule has 2 aliphatic rings. The number of ether oxygens (including phenoxy) is 1. The number of aromatic nitrogens is 1. The highest BCUT2D eigenvalue weighted by Crippen LogP contribution is 2.35. The molecular weight excluding hydrogens is 346 g/mol. The van der Waals surface area contributed by atoms with Crippen molar-refractivity contribution in [3.8, 4) is 0 Å². The Labute approximate surface area is 161 Å². The molecule has 0 aromatic carbocycles. The summed E-state index contributed by atoms with van der Waals surface area (Å²) >= 11 is 1.68. The zero-order chi connectivity index (χ0) is 18.6. The molecule has 1 amide bonds. The molecule has 2 saturated heterocycles. The lowest BCUT2D eigenvalue weighted by molar-refractivity contribution is -0.138. The van der Waals surface area contributed by atoms with Crippen LogP contribution in [0, 0.1) is 5.41 Å². The summed E-state index contributed by atoms with van der Waals surface area (Å²) in [4.78, 5) is 21.5. The van der Waals surface area contributed by atoms with E-state index in [-0.39, 0.29) is 11.3 Å². The van der Waals surface area contributed by atoms with Gasteiger partial charge >= 0.3 is 0 Å². The highest BCUT2D eigenvalue weighted by molar-refractivity contribution is 7.13. The number of likely N-dealkylation sites (tertiary alicyclic amines) is 1. The first-order chi connectivity index (χ1) is 12.5. The number of hydrogen-bond donors (Lipinski definition) is 0. The number of morpholine rings is 1. The van der Waals surface area contributed by atoms with Crippen LogP contribution in [0.3, 0.4) is 0 Å². The topological polar surface area (TPSA) is 45.7 Å². The van der Waals surface area contributed by atoms with Crippen LogP contribution in [0.15, 0.2) is 17.0 Å². The number of allylic oxidation sites excluding steroid dienone is 2. The number of thiazole rings is 1. The van der Waals surface area contributed by atoms with Crippen molar-refractivity contribution in [1.29, 1.82) is 0 Å². The summed E-state index contributed by atoms with van der Waals surface area (Å²) in [7, 11) is 0. The van der Waals surface area contributed by atoms with Gasteiger partial charge in [0.05, 0.1) is 25.5 Å². The van der Waals surface area contributed by atoms with E-state index in [0.29, 0.717) is 13.0 Å². The van der Waals surface area contributed by atoms with Crippen LogP contribution < -0.4 is 4.90 Å². The van der Waals surface area contributed by atoms with Gasteiger partial charge in [-0.15, -0.1) is 11.3 Å². The van der Waals surface area contributed by atoms with E-state index < -0.39 is 0 Å². The third-order valence-corrected chi connectivity index (χ3v) is 6.29. The van der Waals surface area contributed by atoms with Crippen LogP contribution in [-0.2, 0) is 16.1 Å². The van der Waals surface area contributed by atoms with Crippen LogP contribution in [-0.4, -0.2) is 48.6 Å². The molecule has 26 heavy (non-hydrogen) atoms. The molecule has 1 unspecified atom stereocenters. The number of amides is 1. The van der Waals surface area contributed by atoms with E-state index in [4.69, 9.17) is 9.72 Å². The first-order valence-corrected chi connectivity index (χ1v) is 10.5. The maximum Gasteiger partial charge on any atom is 0.222 e. The highest BCUT2D eigenvalue weighted by atomic mass is 32.1. The lowest BCUT2D eigenvalue weighted by atomic mass is 9.77. The zero-order valence-corrected chi connectivity index (χ0v) is 17.1. The fraction of sp³-hybridized carbons (Fsp3) is 0.700. The molecule has 0 saturated carbocycles. The molecule has 3 heterocycles. The smallest absolute Gasteiger partial charge is 0.222 e. The SMILES string of the molecule is CC(C)=CCCC1(C)CCC(=O)N(Cc2csc(N3CCOCC3)n2)C1. The molecule has 3 rings (SSSR count). The lowest BCUT2D eigenvalue weighted by Crippen LogP contribution is -2.44. The first-order valence-electron chi connectivity index (χ1n) is 9.63. The molecular formula is C20H31N3O2S. The Morgan fingerprint density at radius 2 is 2.15 bits per heavy atom. The van der Waals surface area contributed by atoms with Gasteiger partial charge in [0.1, 0.15) is 0 Å². The second-order valence-corrected chi connectivity index (χ2v) is 8.94. The van der Waals surface area contributed by atoms with Crippen LogP contribution in [0.4, 0.5) is 5.13 Å². The molecule has 1 aromatic heterocycles. The van der Waals surface area contributed by atoms with Gasteiger partial charge < -0.3 is 14.5 Å². The van der Waals surface area contributed by atoms with Crippen LogP contribution in [0.2, 0.25) is 0 Å². The van der Waals surface area contributed by atoms with E-state index in [9.17, 15) is 4.79 Å². The Balaban J connectivity index is 1.60. The van der Waals surface area contributed by atoms with Gasteiger partial charge in [0.25, 0.3) is 0 Å². The van der Waals surface area contributed by atoms with E-state index in [0.717, 1.165) is 62.9 Å². The van der Waals surface area contributed by atoms with Gasteiger partial charge in [-0.1, -0.05) is 18.6 Å². The van der Waals surface area contributed by atoms with Crippen molar-refractivity contribution in [3.05, 3.63) is 22.7 Å². The number of hydrogen-bond acceptors (Lipinski definition) is 5. The molecule has 0 radical (unpaired) electrons. The average molecular weight is 378 g/mol. The Morgan fingerprint density at radius 3 is 2.88 bits per heavy atom. The minimum Gasteiger partial charge on any atom is -0.378 e. The molecule has 5 nitrogen and oxygen atoms in total. The van der Waals surface area contributed by atoms with Crippen molar-refractivity contribution in [3.63, 3.8) is 0 Å². The van der Waals surface area contributed by atoms with Gasteiger partial charge in [0, 0.05) is 31.4 Å². The van der Waals surface area contributed by atoms with Gasteiger partial charge in [0.2, 0.25) is 5.91 Å². The molecule has 0 spiro atoms. The van der Waals surface area contributed by atoms with Crippen LogP contribution in [0.5, 0.6) is 0 Å². The Kier molecular flexibility index (Phi) is 6.35. The predicted molar refractivity (Wildman–Crippen MR) is 107 cm³/mol. The van der Waals surface area contributed by atoms with Crippen molar-refractivity contribution in [2.75, 3.05) is 37.7 Å². The number of carbonyl (C=O) groups is 1. The van der Waals surface area contributed by atoms with Gasteiger partial charge in [-0.25, -0.2) is 4.98 Å². The molecule has 2 fully saturated rings. The molecule has 0 bridgehead atoms. The summed E-state index contributed by atoms with van der Waals surface area (Å²) < 4.78 is 5.41. The maximum atomic E-state index is 12.4. The Hall–Kier alpha value is -1.40. The zero-order valence-electron chi connectivity index (χ0n) is 16.3. The number of nitrogens with zero attached hydrogens (tertiary/aromatic N) is 3. The highest BCUT2D eigenvalue weighted by Gasteiger charge is 2.34. The van der Waals surface area contributed by atoms with Crippen molar-refractivity contribution in [2.24, 2.45) is 5.41 Å². The number of rotatable bonds is 6. The van der Waals surface area contributed by atoms with Gasteiger partial charge in [-0.3, -0.25) is 4.79 Å². The minimum absolute atomic E-state index is 0.211. The van der Waals surface area contributed by atoms with Crippen LogP contribution in [0.1, 0.15) is 52.1 Å². The first kappa shape index (κ1) is 19.4. The Bertz CT molecular complexity index is 647.